The topological polar surface area (TPSA) is 29.3 Å². The first-order valence-corrected chi connectivity index (χ1v) is 6.20. The molecule has 0 bridgehead atoms. The van der Waals surface area contributed by atoms with Gasteiger partial charge >= 0.3 is 0 Å². The average molecular weight is 198 g/mol. The van der Waals surface area contributed by atoms with Gasteiger partial charge in [-0.25, -0.2) is 0 Å². The summed E-state index contributed by atoms with van der Waals surface area (Å²) >= 11 is 0. The molecule has 0 radical (unpaired) electrons. The minimum atomic E-state index is 0.664. The second-order valence-electron chi connectivity index (χ2n) is 4.68. The minimum Gasteiger partial charge on any atom is -0.329 e. The largest absolute Gasteiger partial charge is 0.329 e. The van der Waals surface area contributed by atoms with Gasteiger partial charge in [-0.1, -0.05) is 26.2 Å². The Kier molecular flexibility index (Phi) is 5.49. The van der Waals surface area contributed by atoms with Crippen LogP contribution in [0.5, 0.6) is 0 Å². The highest BCUT2D eigenvalue weighted by molar-refractivity contribution is 4.87. The summed E-state index contributed by atoms with van der Waals surface area (Å²) < 4.78 is 0. The van der Waals surface area contributed by atoms with E-state index in [1.54, 1.807) is 0 Å². The lowest BCUT2D eigenvalue weighted by molar-refractivity contribution is 0.219. The first kappa shape index (κ1) is 12.0. The summed E-state index contributed by atoms with van der Waals surface area (Å²) in [6, 6.07) is 0.664. The molecule has 0 spiro atoms. The zero-order valence-electron chi connectivity index (χ0n) is 9.84. The van der Waals surface area contributed by atoms with Gasteiger partial charge in [-0.15, -0.1) is 0 Å². The van der Waals surface area contributed by atoms with Crippen LogP contribution in [0.3, 0.4) is 0 Å². The van der Waals surface area contributed by atoms with Gasteiger partial charge < -0.3 is 10.6 Å². The van der Waals surface area contributed by atoms with Crippen molar-refractivity contribution in [2.24, 2.45) is 11.7 Å². The quantitative estimate of drug-likeness (QED) is 0.606. The van der Waals surface area contributed by atoms with Crippen LogP contribution in [-0.2, 0) is 0 Å². The number of hydrogen-bond donors (Lipinski definition) is 1. The van der Waals surface area contributed by atoms with Crippen molar-refractivity contribution in [3.63, 3.8) is 0 Å². The molecule has 2 nitrogen and oxygen atoms in total. The molecule has 14 heavy (non-hydrogen) atoms. The van der Waals surface area contributed by atoms with Crippen LogP contribution in [0.2, 0.25) is 0 Å². The Morgan fingerprint density at radius 1 is 1.29 bits per heavy atom. The van der Waals surface area contributed by atoms with Gasteiger partial charge in [-0.2, -0.15) is 0 Å². The Balaban J connectivity index is 2.08. The van der Waals surface area contributed by atoms with Gasteiger partial charge in [0.25, 0.3) is 0 Å². The molecule has 1 fully saturated rings. The zero-order valence-corrected chi connectivity index (χ0v) is 9.84. The van der Waals surface area contributed by atoms with Gasteiger partial charge in [0.15, 0.2) is 0 Å². The molecule has 1 unspecified atom stereocenters. The van der Waals surface area contributed by atoms with E-state index in [1.807, 2.05) is 0 Å². The highest BCUT2D eigenvalue weighted by Crippen LogP contribution is 2.34. The second kappa shape index (κ2) is 6.41. The van der Waals surface area contributed by atoms with E-state index in [-0.39, 0.29) is 0 Å². The van der Waals surface area contributed by atoms with Crippen molar-refractivity contribution in [2.75, 3.05) is 20.1 Å². The molecular weight excluding hydrogens is 172 g/mol. The maximum Gasteiger partial charge on any atom is 0.0243 e. The molecule has 1 atom stereocenters. The molecule has 2 N–H and O–H groups in total. The highest BCUT2D eigenvalue weighted by atomic mass is 15.1. The number of hydrogen-bond acceptors (Lipinski definition) is 2. The maximum absolute atomic E-state index is 5.80. The third-order valence-electron chi connectivity index (χ3n) is 3.34. The first-order chi connectivity index (χ1) is 6.79. The van der Waals surface area contributed by atoms with E-state index in [9.17, 15) is 0 Å². The molecule has 1 rings (SSSR count). The van der Waals surface area contributed by atoms with Gasteiger partial charge in [0.05, 0.1) is 0 Å². The lowest BCUT2D eigenvalue weighted by Crippen LogP contribution is -2.40. The second-order valence-corrected chi connectivity index (χ2v) is 4.68. The van der Waals surface area contributed by atoms with Crippen molar-refractivity contribution in [1.82, 2.24) is 4.90 Å². The van der Waals surface area contributed by atoms with Gasteiger partial charge in [0.2, 0.25) is 0 Å². The van der Waals surface area contributed by atoms with Crippen molar-refractivity contribution < 1.29 is 0 Å². The Morgan fingerprint density at radius 3 is 2.50 bits per heavy atom. The first-order valence-electron chi connectivity index (χ1n) is 6.20. The average Bonchev–Trinajstić information content (AvgIpc) is 2.98. The summed E-state index contributed by atoms with van der Waals surface area (Å²) in [5.41, 5.74) is 5.80. The van der Waals surface area contributed by atoms with E-state index < -0.39 is 0 Å². The Hall–Kier alpha value is -0.0800. The summed E-state index contributed by atoms with van der Waals surface area (Å²) in [5.74, 6) is 0.913. The van der Waals surface area contributed by atoms with Crippen LogP contribution in [0.1, 0.15) is 45.4 Å². The fourth-order valence-electron chi connectivity index (χ4n) is 2.17. The van der Waals surface area contributed by atoms with E-state index >= 15 is 0 Å². The van der Waals surface area contributed by atoms with Crippen LogP contribution in [0, 0.1) is 5.92 Å². The Morgan fingerprint density at radius 2 is 2.00 bits per heavy atom. The summed E-state index contributed by atoms with van der Waals surface area (Å²) in [6.45, 7) is 4.34. The van der Waals surface area contributed by atoms with Crippen LogP contribution >= 0.6 is 0 Å². The monoisotopic (exact) mass is 198 g/mol. The number of likely N-dealkylation sites (N-methyl/N-ethyl adjacent to an activating group) is 1. The predicted octanol–water partition coefficient (Wildman–Crippen LogP) is 2.24. The summed E-state index contributed by atoms with van der Waals surface area (Å²) in [6.07, 6.45) is 8.23. The van der Waals surface area contributed by atoms with Crippen molar-refractivity contribution in [1.29, 1.82) is 0 Å². The van der Waals surface area contributed by atoms with Gasteiger partial charge in [0.1, 0.15) is 0 Å². The van der Waals surface area contributed by atoms with E-state index in [0.717, 1.165) is 12.5 Å². The van der Waals surface area contributed by atoms with Gasteiger partial charge in [0, 0.05) is 12.6 Å². The van der Waals surface area contributed by atoms with Gasteiger partial charge in [-0.05, 0) is 38.8 Å². The SMILES string of the molecule is CCCCCCN(C)C(CN)C1CC1. The molecule has 0 heterocycles. The van der Waals surface area contributed by atoms with E-state index in [0.29, 0.717) is 6.04 Å². The molecular formula is C12H26N2. The van der Waals surface area contributed by atoms with Crippen LogP contribution < -0.4 is 5.73 Å². The zero-order chi connectivity index (χ0) is 10.4. The standard InChI is InChI=1S/C12H26N2/c1-3-4-5-6-9-14(2)12(10-13)11-7-8-11/h11-12H,3-10,13H2,1-2H3. The molecule has 0 aromatic heterocycles. The van der Waals surface area contributed by atoms with E-state index in [2.05, 4.69) is 18.9 Å². The molecule has 0 aromatic rings. The third kappa shape index (κ3) is 3.97. The number of unbranched alkanes of at least 4 members (excludes halogenated alkanes) is 3. The Labute approximate surface area is 88.8 Å². The molecule has 0 amide bonds. The van der Waals surface area contributed by atoms with Crippen molar-refractivity contribution >= 4 is 0 Å². The maximum atomic E-state index is 5.80. The Bertz CT molecular complexity index is 143. The third-order valence-corrected chi connectivity index (χ3v) is 3.34. The molecule has 84 valence electrons. The lowest BCUT2D eigenvalue weighted by atomic mass is 10.1. The van der Waals surface area contributed by atoms with E-state index in [1.165, 1.54) is 45.1 Å². The smallest absolute Gasteiger partial charge is 0.0243 e. The molecule has 0 aliphatic heterocycles. The van der Waals surface area contributed by atoms with Crippen LogP contribution in [0.15, 0.2) is 0 Å². The summed E-state index contributed by atoms with van der Waals surface area (Å²) in [7, 11) is 2.24. The number of nitrogens with zero attached hydrogens (tertiary/aromatic N) is 1. The molecule has 0 saturated heterocycles. The van der Waals surface area contributed by atoms with Crippen molar-refractivity contribution in [2.45, 2.75) is 51.5 Å². The molecule has 1 saturated carbocycles. The van der Waals surface area contributed by atoms with Crippen LogP contribution in [0.4, 0.5) is 0 Å². The minimum absolute atomic E-state index is 0.664. The predicted molar refractivity (Wildman–Crippen MR) is 62.3 cm³/mol. The fourth-order valence-corrected chi connectivity index (χ4v) is 2.17. The van der Waals surface area contributed by atoms with Crippen LogP contribution in [0.25, 0.3) is 0 Å². The normalized spacial score (nSPS) is 18.9. The van der Waals surface area contributed by atoms with Crippen LogP contribution in [-0.4, -0.2) is 31.1 Å². The summed E-state index contributed by atoms with van der Waals surface area (Å²) in [5, 5.41) is 0. The fraction of sp³-hybridized carbons (Fsp3) is 1.00. The highest BCUT2D eigenvalue weighted by Gasteiger charge is 2.32. The molecule has 1 aliphatic carbocycles. The molecule has 0 aromatic carbocycles. The molecule has 1 aliphatic rings. The van der Waals surface area contributed by atoms with Crippen molar-refractivity contribution in [3.8, 4) is 0 Å². The van der Waals surface area contributed by atoms with Gasteiger partial charge in [-0.3, -0.25) is 0 Å². The van der Waals surface area contributed by atoms with Crippen molar-refractivity contribution in [3.05, 3.63) is 0 Å². The molecule has 2 heteroatoms. The summed E-state index contributed by atoms with van der Waals surface area (Å²) in [4.78, 5) is 2.48. The number of nitrogens with two attached hydrogens (primary N) is 1. The lowest BCUT2D eigenvalue weighted by Gasteiger charge is -2.26. The number of rotatable bonds is 8. The van der Waals surface area contributed by atoms with E-state index in [4.69, 9.17) is 5.73 Å².